The fourth-order valence-corrected chi connectivity index (χ4v) is 3.47. The molecule has 5 heteroatoms. The lowest BCUT2D eigenvalue weighted by molar-refractivity contribution is -0.133. The number of hydrogen-bond acceptors (Lipinski definition) is 3. The van der Waals surface area contributed by atoms with Crippen LogP contribution in [0.2, 0.25) is 0 Å². The zero-order valence-corrected chi connectivity index (χ0v) is 14.3. The molecule has 0 spiro atoms. The summed E-state index contributed by atoms with van der Waals surface area (Å²) in [5.41, 5.74) is 7.35. The number of thioether (sulfide) groups is 1. The van der Waals surface area contributed by atoms with Crippen molar-refractivity contribution in [3.63, 3.8) is 0 Å². The van der Waals surface area contributed by atoms with E-state index in [0.717, 1.165) is 25.1 Å². The predicted octanol–water partition coefficient (Wildman–Crippen LogP) is 2.89. The topological polar surface area (TPSA) is 46.3 Å². The minimum atomic E-state index is -0.348. The van der Waals surface area contributed by atoms with Crippen molar-refractivity contribution in [2.45, 2.75) is 37.8 Å². The van der Waals surface area contributed by atoms with Crippen LogP contribution < -0.4 is 5.73 Å². The number of nitrogens with zero attached hydrogens (tertiary/aromatic N) is 1. The van der Waals surface area contributed by atoms with E-state index < -0.39 is 0 Å². The van der Waals surface area contributed by atoms with Crippen LogP contribution in [0.25, 0.3) is 0 Å². The first-order chi connectivity index (χ1) is 9.65. The number of likely N-dealkylation sites (tertiary alicyclic amines) is 1. The van der Waals surface area contributed by atoms with Gasteiger partial charge in [-0.1, -0.05) is 30.3 Å². The lowest BCUT2D eigenvalue weighted by Gasteiger charge is -2.27. The molecule has 1 aromatic carbocycles. The number of carbonyl (C=O) groups excluding carboxylic acids is 1. The van der Waals surface area contributed by atoms with Crippen molar-refractivity contribution in [3.8, 4) is 0 Å². The zero-order valence-electron chi connectivity index (χ0n) is 12.7. The highest BCUT2D eigenvalue weighted by molar-refractivity contribution is 7.98. The number of halogens is 1. The fourth-order valence-electron chi connectivity index (χ4n) is 2.98. The summed E-state index contributed by atoms with van der Waals surface area (Å²) in [7, 11) is 0. The monoisotopic (exact) mass is 328 g/mol. The lowest BCUT2D eigenvalue weighted by Crippen LogP contribution is -2.46. The SMILES string of the molecule is CSCC[C@H](N)C(=O)N1CCC(c2ccccc2)C1C.Cl. The van der Waals surface area contributed by atoms with Crippen molar-refractivity contribution in [1.29, 1.82) is 0 Å². The molecular weight excluding hydrogens is 304 g/mol. The minimum Gasteiger partial charge on any atom is -0.338 e. The number of benzene rings is 1. The normalized spacial score (nSPS) is 22.7. The van der Waals surface area contributed by atoms with Gasteiger partial charge in [0.15, 0.2) is 0 Å². The van der Waals surface area contributed by atoms with Gasteiger partial charge in [-0.3, -0.25) is 4.79 Å². The maximum atomic E-state index is 12.4. The van der Waals surface area contributed by atoms with Crippen molar-refractivity contribution in [2.75, 3.05) is 18.6 Å². The minimum absolute atomic E-state index is 0. The third-order valence-electron chi connectivity index (χ3n) is 4.22. The number of amides is 1. The van der Waals surface area contributed by atoms with Gasteiger partial charge in [0, 0.05) is 18.5 Å². The highest BCUT2D eigenvalue weighted by Crippen LogP contribution is 2.33. The first kappa shape index (κ1) is 18.3. The van der Waals surface area contributed by atoms with Gasteiger partial charge in [0.25, 0.3) is 0 Å². The van der Waals surface area contributed by atoms with E-state index in [1.807, 2.05) is 17.2 Å². The Morgan fingerprint density at radius 3 is 2.71 bits per heavy atom. The number of nitrogens with two attached hydrogens (primary N) is 1. The average molecular weight is 329 g/mol. The van der Waals surface area contributed by atoms with Crippen molar-refractivity contribution in [1.82, 2.24) is 4.90 Å². The quantitative estimate of drug-likeness (QED) is 0.904. The molecule has 118 valence electrons. The standard InChI is InChI=1S/C16H24N2OS.ClH/c1-12-14(13-6-4-3-5-7-13)8-10-18(12)16(19)15(17)9-11-20-2;/h3-7,12,14-15H,8-11,17H2,1-2H3;1H/t12?,14?,15-;/m0./s1. The molecule has 21 heavy (non-hydrogen) atoms. The van der Waals surface area contributed by atoms with E-state index >= 15 is 0 Å². The van der Waals surface area contributed by atoms with Crippen LogP contribution >= 0.6 is 24.2 Å². The highest BCUT2D eigenvalue weighted by Gasteiger charge is 2.36. The van der Waals surface area contributed by atoms with Gasteiger partial charge < -0.3 is 10.6 Å². The average Bonchev–Trinajstić information content (AvgIpc) is 2.86. The van der Waals surface area contributed by atoms with Crippen molar-refractivity contribution >= 4 is 30.1 Å². The van der Waals surface area contributed by atoms with Crippen LogP contribution in [-0.4, -0.2) is 41.4 Å². The molecule has 1 aliphatic rings. The molecule has 1 fully saturated rings. The smallest absolute Gasteiger partial charge is 0.239 e. The maximum absolute atomic E-state index is 12.4. The van der Waals surface area contributed by atoms with Crippen molar-refractivity contribution in [2.24, 2.45) is 5.73 Å². The Bertz CT molecular complexity index is 443. The first-order valence-corrected chi connectivity index (χ1v) is 8.64. The molecule has 2 unspecified atom stereocenters. The highest BCUT2D eigenvalue weighted by atomic mass is 35.5. The van der Waals surface area contributed by atoms with Crippen LogP contribution in [-0.2, 0) is 4.79 Å². The van der Waals surface area contributed by atoms with Gasteiger partial charge in [-0.05, 0) is 37.3 Å². The molecule has 0 bridgehead atoms. The molecule has 1 aromatic rings. The van der Waals surface area contributed by atoms with E-state index in [9.17, 15) is 4.79 Å². The Kier molecular flexibility index (Phi) is 7.57. The third-order valence-corrected chi connectivity index (χ3v) is 4.86. The number of hydrogen-bond donors (Lipinski definition) is 1. The second kappa shape index (κ2) is 8.66. The maximum Gasteiger partial charge on any atom is 0.239 e. The van der Waals surface area contributed by atoms with Crippen molar-refractivity contribution < 1.29 is 4.79 Å². The van der Waals surface area contributed by atoms with E-state index in [2.05, 4.69) is 31.2 Å². The van der Waals surface area contributed by atoms with Crippen LogP contribution in [0.4, 0.5) is 0 Å². The van der Waals surface area contributed by atoms with E-state index in [1.165, 1.54) is 5.56 Å². The number of carbonyl (C=O) groups is 1. The molecule has 2 N–H and O–H groups in total. The summed E-state index contributed by atoms with van der Waals surface area (Å²) < 4.78 is 0. The summed E-state index contributed by atoms with van der Waals surface area (Å²) in [6.07, 6.45) is 3.84. The second-order valence-electron chi connectivity index (χ2n) is 5.47. The molecule has 0 aliphatic carbocycles. The Balaban J connectivity index is 0.00000220. The molecule has 1 amide bonds. The van der Waals surface area contributed by atoms with Gasteiger partial charge >= 0.3 is 0 Å². The predicted molar refractivity (Wildman–Crippen MR) is 93.2 cm³/mol. The van der Waals surface area contributed by atoms with Gasteiger partial charge in [0.2, 0.25) is 5.91 Å². The van der Waals surface area contributed by atoms with Gasteiger partial charge in [-0.15, -0.1) is 12.4 Å². The Labute approximate surface area is 138 Å². The summed E-state index contributed by atoms with van der Waals surface area (Å²) in [4.78, 5) is 14.4. The summed E-state index contributed by atoms with van der Waals surface area (Å²) in [6, 6.07) is 10.4. The Morgan fingerprint density at radius 2 is 2.10 bits per heavy atom. The molecule has 1 saturated heterocycles. The molecule has 1 heterocycles. The van der Waals surface area contributed by atoms with Gasteiger partial charge in [-0.2, -0.15) is 11.8 Å². The second-order valence-corrected chi connectivity index (χ2v) is 6.45. The van der Waals surface area contributed by atoms with E-state index in [4.69, 9.17) is 5.73 Å². The summed E-state index contributed by atoms with van der Waals surface area (Å²) >= 11 is 1.74. The third kappa shape index (κ3) is 4.38. The summed E-state index contributed by atoms with van der Waals surface area (Å²) in [5.74, 6) is 1.50. The summed E-state index contributed by atoms with van der Waals surface area (Å²) in [6.45, 7) is 2.97. The molecule has 0 radical (unpaired) electrons. The number of rotatable bonds is 5. The van der Waals surface area contributed by atoms with Crippen LogP contribution in [0.15, 0.2) is 30.3 Å². The molecule has 0 saturated carbocycles. The van der Waals surface area contributed by atoms with Gasteiger partial charge in [0.05, 0.1) is 6.04 Å². The lowest BCUT2D eigenvalue weighted by atomic mass is 9.93. The van der Waals surface area contributed by atoms with Crippen LogP contribution in [0, 0.1) is 0 Å². The van der Waals surface area contributed by atoms with Gasteiger partial charge in [-0.25, -0.2) is 0 Å². The Hall–Kier alpha value is -0.710. The van der Waals surface area contributed by atoms with Gasteiger partial charge in [0.1, 0.15) is 0 Å². The first-order valence-electron chi connectivity index (χ1n) is 7.25. The van der Waals surface area contributed by atoms with E-state index in [1.54, 1.807) is 11.8 Å². The molecule has 3 atom stereocenters. The zero-order chi connectivity index (χ0) is 14.5. The van der Waals surface area contributed by atoms with Crippen LogP contribution in [0.1, 0.15) is 31.2 Å². The molecular formula is C16H25ClN2OS. The Morgan fingerprint density at radius 1 is 1.43 bits per heavy atom. The van der Waals surface area contributed by atoms with Crippen LogP contribution in [0.5, 0.6) is 0 Å². The molecule has 2 rings (SSSR count). The van der Waals surface area contributed by atoms with Crippen molar-refractivity contribution in [3.05, 3.63) is 35.9 Å². The summed E-state index contributed by atoms with van der Waals surface area (Å²) in [5, 5.41) is 0. The molecule has 0 aromatic heterocycles. The fraction of sp³-hybridized carbons (Fsp3) is 0.562. The largest absolute Gasteiger partial charge is 0.338 e. The van der Waals surface area contributed by atoms with E-state index in [0.29, 0.717) is 5.92 Å². The molecule has 3 nitrogen and oxygen atoms in total. The van der Waals surface area contributed by atoms with Crippen LogP contribution in [0.3, 0.4) is 0 Å². The molecule has 1 aliphatic heterocycles. The van der Waals surface area contributed by atoms with E-state index in [-0.39, 0.29) is 30.4 Å².